The Morgan fingerprint density at radius 2 is 2.00 bits per heavy atom. The molecule has 0 heterocycles. The lowest BCUT2D eigenvalue weighted by molar-refractivity contribution is 0.144. The molecule has 0 radical (unpaired) electrons. The normalized spacial score (nSPS) is 26.8. The van der Waals surface area contributed by atoms with Crippen molar-refractivity contribution < 1.29 is 5.11 Å². The molecule has 2 rings (SSSR count). The SMILES string of the molecule is OC(CNCC1CCC1)C1CC1. The summed E-state index contributed by atoms with van der Waals surface area (Å²) in [7, 11) is 0. The third-order valence-corrected chi connectivity index (χ3v) is 3.18. The Hall–Kier alpha value is -0.0800. The number of rotatable bonds is 5. The van der Waals surface area contributed by atoms with Crippen molar-refractivity contribution >= 4 is 0 Å². The van der Waals surface area contributed by atoms with E-state index in [1.165, 1.54) is 32.1 Å². The van der Waals surface area contributed by atoms with Gasteiger partial charge in [-0.05, 0) is 44.1 Å². The molecule has 0 aromatic carbocycles. The Kier molecular flexibility index (Phi) is 2.66. The highest BCUT2D eigenvalue weighted by atomic mass is 16.3. The lowest BCUT2D eigenvalue weighted by Gasteiger charge is -2.26. The molecule has 2 saturated carbocycles. The van der Waals surface area contributed by atoms with E-state index in [9.17, 15) is 5.11 Å². The molecule has 0 aromatic rings. The molecule has 2 aliphatic carbocycles. The Balaban J connectivity index is 1.49. The zero-order valence-corrected chi connectivity index (χ0v) is 7.63. The smallest absolute Gasteiger partial charge is 0.0692 e. The van der Waals surface area contributed by atoms with Crippen LogP contribution < -0.4 is 5.32 Å². The maximum atomic E-state index is 9.53. The molecule has 2 nitrogen and oxygen atoms in total. The van der Waals surface area contributed by atoms with Crippen LogP contribution in [0, 0.1) is 11.8 Å². The molecule has 0 spiro atoms. The van der Waals surface area contributed by atoms with Crippen LogP contribution in [0.2, 0.25) is 0 Å². The van der Waals surface area contributed by atoms with Crippen LogP contribution in [-0.4, -0.2) is 24.3 Å². The molecule has 2 N–H and O–H groups in total. The molecule has 0 aliphatic heterocycles. The Labute approximate surface area is 74.4 Å². The van der Waals surface area contributed by atoms with Gasteiger partial charge in [-0.3, -0.25) is 0 Å². The van der Waals surface area contributed by atoms with E-state index in [1.807, 2.05) is 0 Å². The molecule has 1 unspecified atom stereocenters. The van der Waals surface area contributed by atoms with Crippen LogP contribution in [0.1, 0.15) is 32.1 Å². The molecule has 12 heavy (non-hydrogen) atoms. The molecular formula is C10H19NO. The highest BCUT2D eigenvalue weighted by molar-refractivity contribution is 4.82. The molecule has 0 aromatic heterocycles. The summed E-state index contributed by atoms with van der Waals surface area (Å²) < 4.78 is 0. The first-order valence-corrected chi connectivity index (χ1v) is 5.25. The molecule has 2 aliphatic rings. The lowest BCUT2D eigenvalue weighted by Crippen LogP contribution is -2.34. The number of hydrogen-bond acceptors (Lipinski definition) is 2. The Morgan fingerprint density at radius 3 is 2.50 bits per heavy atom. The van der Waals surface area contributed by atoms with Gasteiger partial charge in [-0.2, -0.15) is 0 Å². The van der Waals surface area contributed by atoms with E-state index >= 15 is 0 Å². The van der Waals surface area contributed by atoms with Gasteiger partial charge in [-0.1, -0.05) is 6.42 Å². The van der Waals surface area contributed by atoms with Crippen molar-refractivity contribution in [2.45, 2.75) is 38.2 Å². The largest absolute Gasteiger partial charge is 0.392 e. The van der Waals surface area contributed by atoms with Crippen LogP contribution in [0.25, 0.3) is 0 Å². The minimum Gasteiger partial charge on any atom is -0.392 e. The second-order valence-corrected chi connectivity index (χ2v) is 4.36. The predicted octanol–water partition coefficient (Wildman–Crippen LogP) is 1.15. The van der Waals surface area contributed by atoms with E-state index in [-0.39, 0.29) is 6.10 Å². The number of aliphatic hydroxyl groups excluding tert-OH is 1. The number of nitrogens with one attached hydrogen (secondary N) is 1. The van der Waals surface area contributed by atoms with E-state index in [4.69, 9.17) is 0 Å². The zero-order valence-electron chi connectivity index (χ0n) is 7.63. The predicted molar refractivity (Wildman–Crippen MR) is 48.9 cm³/mol. The average Bonchev–Trinajstić information content (AvgIpc) is 2.75. The van der Waals surface area contributed by atoms with Crippen LogP contribution in [0.5, 0.6) is 0 Å². The second kappa shape index (κ2) is 3.75. The first-order valence-electron chi connectivity index (χ1n) is 5.25. The molecule has 0 saturated heterocycles. The Bertz CT molecular complexity index is 141. The zero-order chi connectivity index (χ0) is 8.39. The van der Waals surface area contributed by atoms with Crippen molar-refractivity contribution in [3.05, 3.63) is 0 Å². The second-order valence-electron chi connectivity index (χ2n) is 4.36. The number of hydrogen-bond donors (Lipinski definition) is 2. The summed E-state index contributed by atoms with van der Waals surface area (Å²) in [6.07, 6.45) is 6.62. The summed E-state index contributed by atoms with van der Waals surface area (Å²) >= 11 is 0. The van der Waals surface area contributed by atoms with Gasteiger partial charge in [-0.15, -0.1) is 0 Å². The van der Waals surface area contributed by atoms with Crippen molar-refractivity contribution in [3.8, 4) is 0 Å². The van der Waals surface area contributed by atoms with Gasteiger partial charge in [0, 0.05) is 6.54 Å². The summed E-state index contributed by atoms with van der Waals surface area (Å²) in [5.41, 5.74) is 0. The fourth-order valence-corrected chi connectivity index (χ4v) is 1.78. The summed E-state index contributed by atoms with van der Waals surface area (Å²) in [5, 5.41) is 12.9. The number of aliphatic hydroxyl groups is 1. The first kappa shape index (κ1) is 8.52. The van der Waals surface area contributed by atoms with Gasteiger partial charge in [0.15, 0.2) is 0 Å². The van der Waals surface area contributed by atoms with Gasteiger partial charge in [0.2, 0.25) is 0 Å². The van der Waals surface area contributed by atoms with Gasteiger partial charge in [0.05, 0.1) is 6.10 Å². The molecule has 2 fully saturated rings. The summed E-state index contributed by atoms with van der Waals surface area (Å²) in [6, 6.07) is 0. The average molecular weight is 169 g/mol. The topological polar surface area (TPSA) is 32.3 Å². The fourth-order valence-electron chi connectivity index (χ4n) is 1.78. The fraction of sp³-hybridized carbons (Fsp3) is 1.00. The van der Waals surface area contributed by atoms with Crippen molar-refractivity contribution in [2.24, 2.45) is 11.8 Å². The monoisotopic (exact) mass is 169 g/mol. The first-order chi connectivity index (χ1) is 5.86. The molecule has 1 atom stereocenters. The van der Waals surface area contributed by atoms with Crippen molar-refractivity contribution in [1.29, 1.82) is 0 Å². The van der Waals surface area contributed by atoms with Gasteiger partial charge in [0.1, 0.15) is 0 Å². The van der Waals surface area contributed by atoms with Gasteiger partial charge in [-0.25, -0.2) is 0 Å². The van der Waals surface area contributed by atoms with E-state index < -0.39 is 0 Å². The van der Waals surface area contributed by atoms with Gasteiger partial charge in [0.25, 0.3) is 0 Å². The maximum Gasteiger partial charge on any atom is 0.0692 e. The van der Waals surface area contributed by atoms with Gasteiger partial charge < -0.3 is 10.4 Å². The highest BCUT2D eigenvalue weighted by Crippen LogP contribution is 2.32. The maximum absolute atomic E-state index is 9.53. The minimum atomic E-state index is -0.0647. The standard InChI is InChI=1S/C10H19NO/c12-10(9-4-5-9)7-11-6-8-2-1-3-8/h8-12H,1-7H2. The van der Waals surface area contributed by atoms with E-state index in [2.05, 4.69) is 5.32 Å². The van der Waals surface area contributed by atoms with Crippen LogP contribution >= 0.6 is 0 Å². The highest BCUT2D eigenvalue weighted by Gasteiger charge is 2.29. The quantitative estimate of drug-likeness (QED) is 0.647. The Morgan fingerprint density at radius 1 is 1.25 bits per heavy atom. The van der Waals surface area contributed by atoms with E-state index in [0.29, 0.717) is 5.92 Å². The van der Waals surface area contributed by atoms with Gasteiger partial charge >= 0.3 is 0 Å². The lowest BCUT2D eigenvalue weighted by atomic mass is 9.85. The van der Waals surface area contributed by atoms with E-state index in [1.54, 1.807) is 0 Å². The van der Waals surface area contributed by atoms with Crippen molar-refractivity contribution in [2.75, 3.05) is 13.1 Å². The molecule has 0 bridgehead atoms. The third kappa shape index (κ3) is 2.20. The van der Waals surface area contributed by atoms with Crippen LogP contribution in [0.3, 0.4) is 0 Å². The van der Waals surface area contributed by atoms with Crippen LogP contribution in [-0.2, 0) is 0 Å². The molecule has 0 amide bonds. The van der Waals surface area contributed by atoms with E-state index in [0.717, 1.165) is 19.0 Å². The summed E-state index contributed by atoms with van der Waals surface area (Å²) in [6.45, 7) is 1.95. The molecule has 2 heteroatoms. The third-order valence-electron chi connectivity index (χ3n) is 3.18. The van der Waals surface area contributed by atoms with Crippen molar-refractivity contribution in [3.63, 3.8) is 0 Å². The summed E-state index contributed by atoms with van der Waals surface area (Å²) in [4.78, 5) is 0. The molecular weight excluding hydrogens is 150 g/mol. The molecule has 70 valence electrons. The minimum absolute atomic E-state index is 0.0647. The van der Waals surface area contributed by atoms with Crippen LogP contribution in [0.15, 0.2) is 0 Å². The van der Waals surface area contributed by atoms with Crippen LogP contribution in [0.4, 0.5) is 0 Å². The summed E-state index contributed by atoms with van der Waals surface area (Å²) in [5.74, 6) is 1.54. The van der Waals surface area contributed by atoms with Crippen molar-refractivity contribution in [1.82, 2.24) is 5.32 Å².